The lowest BCUT2D eigenvalue weighted by molar-refractivity contribution is 0.415. The third kappa shape index (κ3) is 2.04. The van der Waals surface area contributed by atoms with Gasteiger partial charge in [-0.25, -0.2) is 0 Å². The van der Waals surface area contributed by atoms with E-state index < -0.39 is 0 Å². The Morgan fingerprint density at radius 2 is 2.00 bits per heavy atom. The van der Waals surface area contributed by atoms with E-state index in [2.05, 4.69) is 20.5 Å². The summed E-state index contributed by atoms with van der Waals surface area (Å²) in [4.78, 5) is 0.704. The molecule has 3 aromatic heterocycles. The number of methoxy groups -OCH3 is 1. The van der Waals surface area contributed by atoms with E-state index in [1.807, 2.05) is 37.3 Å². The molecular weight excluding hydrogens is 302 g/mol. The standard InChI is InChI=1S/C14H11N5O2S/c1-8-7-11(21-18-8)13-17-19-12(15-16-14(19)22-13)9-3-5-10(20-2)6-4-9/h3-7H,1-2H3. The molecule has 0 N–H and O–H groups in total. The molecule has 0 bridgehead atoms. The van der Waals surface area contributed by atoms with Crippen LogP contribution in [0.3, 0.4) is 0 Å². The van der Waals surface area contributed by atoms with E-state index >= 15 is 0 Å². The van der Waals surface area contributed by atoms with Crippen molar-refractivity contribution >= 4 is 16.3 Å². The Morgan fingerprint density at radius 3 is 2.68 bits per heavy atom. The summed E-state index contributed by atoms with van der Waals surface area (Å²) < 4.78 is 12.1. The van der Waals surface area contributed by atoms with Crippen LogP contribution in [0.2, 0.25) is 0 Å². The van der Waals surface area contributed by atoms with E-state index in [1.54, 1.807) is 11.6 Å². The van der Waals surface area contributed by atoms with Crippen LogP contribution < -0.4 is 4.74 Å². The van der Waals surface area contributed by atoms with Crippen LogP contribution in [0.4, 0.5) is 0 Å². The molecule has 0 spiro atoms. The fourth-order valence-corrected chi connectivity index (χ4v) is 2.89. The maximum atomic E-state index is 5.25. The van der Waals surface area contributed by atoms with Crippen molar-refractivity contribution in [1.29, 1.82) is 0 Å². The Labute approximate surface area is 129 Å². The molecule has 7 nitrogen and oxygen atoms in total. The zero-order valence-electron chi connectivity index (χ0n) is 11.8. The van der Waals surface area contributed by atoms with Gasteiger partial charge in [0.25, 0.3) is 0 Å². The van der Waals surface area contributed by atoms with Crippen molar-refractivity contribution in [2.45, 2.75) is 6.92 Å². The average Bonchev–Trinajstić information content (AvgIpc) is 3.22. The van der Waals surface area contributed by atoms with Gasteiger partial charge < -0.3 is 9.26 Å². The molecule has 110 valence electrons. The van der Waals surface area contributed by atoms with E-state index in [-0.39, 0.29) is 0 Å². The molecule has 0 aliphatic heterocycles. The summed E-state index contributed by atoms with van der Waals surface area (Å²) in [7, 11) is 1.64. The topological polar surface area (TPSA) is 78.3 Å². The van der Waals surface area contributed by atoms with E-state index in [1.165, 1.54) is 11.3 Å². The Hall–Kier alpha value is -2.74. The van der Waals surface area contributed by atoms with E-state index in [9.17, 15) is 0 Å². The summed E-state index contributed by atoms with van der Waals surface area (Å²) in [5.74, 6) is 2.10. The van der Waals surface area contributed by atoms with Crippen LogP contribution >= 0.6 is 11.3 Å². The minimum Gasteiger partial charge on any atom is -0.497 e. The molecule has 0 aliphatic rings. The van der Waals surface area contributed by atoms with Gasteiger partial charge in [0, 0.05) is 11.6 Å². The van der Waals surface area contributed by atoms with Crippen molar-refractivity contribution in [3.05, 3.63) is 36.0 Å². The summed E-state index contributed by atoms with van der Waals surface area (Å²) in [6.07, 6.45) is 0. The van der Waals surface area contributed by atoms with Crippen LogP contribution in [-0.2, 0) is 0 Å². The molecule has 0 aliphatic carbocycles. The van der Waals surface area contributed by atoms with E-state index in [0.717, 1.165) is 22.0 Å². The lowest BCUT2D eigenvalue weighted by atomic mass is 10.2. The Balaban J connectivity index is 1.79. The largest absolute Gasteiger partial charge is 0.497 e. The number of aryl methyl sites for hydroxylation is 1. The molecule has 0 fully saturated rings. The predicted molar refractivity (Wildman–Crippen MR) is 80.9 cm³/mol. The van der Waals surface area contributed by atoms with Gasteiger partial charge in [-0.1, -0.05) is 16.5 Å². The second kappa shape index (κ2) is 4.92. The third-order valence-corrected chi connectivity index (χ3v) is 4.09. The number of ether oxygens (including phenoxy) is 1. The van der Waals surface area contributed by atoms with Gasteiger partial charge in [0.2, 0.25) is 4.96 Å². The van der Waals surface area contributed by atoms with Crippen LogP contribution in [0, 0.1) is 6.92 Å². The summed E-state index contributed by atoms with van der Waals surface area (Å²) >= 11 is 1.41. The fraction of sp³-hybridized carbons (Fsp3) is 0.143. The molecular formula is C14H11N5O2S. The first-order chi connectivity index (χ1) is 10.7. The number of aromatic nitrogens is 5. The van der Waals surface area contributed by atoms with Crippen molar-refractivity contribution in [3.63, 3.8) is 0 Å². The van der Waals surface area contributed by atoms with Crippen LogP contribution in [0.15, 0.2) is 34.9 Å². The van der Waals surface area contributed by atoms with Gasteiger partial charge in [-0.2, -0.15) is 4.52 Å². The van der Waals surface area contributed by atoms with Crippen LogP contribution in [0.5, 0.6) is 5.75 Å². The smallest absolute Gasteiger partial charge is 0.235 e. The molecule has 0 amide bonds. The predicted octanol–water partition coefficient (Wildman–Crippen LogP) is 2.82. The lowest BCUT2D eigenvalue weighted by Crippen LogP contribution is -1.91. The molecule has 0 radical (unpaired) electrons. The highest BCUT2D eigenvalue weighted by atomic mass is 32.1. The van der Waals surface area contributed by atoms with Crippen LogP contribution in [0.25, 0.3) is 27.1 Å². The summed E-state index contributed by atoms with van der Waals surface area (Å²) in [6.45, 7) is 1.87. The highest BCUT2D eigenvalue weighted by Crippen LogP contribution is 2.28. The Morgan fingerprint density at radius 1 is 1.18 bits per heavy atom. The molecule has 0 unspecified atom stereocenters. The minimum atomic E-state index is 0.633. The maximum absolute atomic E-state index is 5.25. The minimum absolute atomic E-state index is 0.633. The van der Waals surface area contributed by atoms with Crippen molar-refractivity contribution in [2.75, 3.05) is 7.11 Å². The lowest BCUT2D eigenvalue weighted by Gasteiger charge is -2.00. The number of benzene rings is 1. The third-order valence-electron chi connectivity index (χ3n) is 3.18. The molecule has 22 heavy (non-hydrogen) atoms. The van der Waals surface area contributed by atoms with E-state index in [0.29, 0.717) is 16.5 Å². The Bertz CT molecular complexity index is 938. The van der Waals surface area contributed by atoms with Crippen LogP contribution in [-0.4, -0.2) is 32.1 Å². The van der Waals surface area contributed by atoms with E-state index in [4.69, 9.17) is 9.26 Å². The number of fused-ring (bicyclic) bond motifs is 1. The van der Waals surface area contributed by atoms with Gasteiger partial charge in [0.15, 0.2) is 16.6 Å². The van der Waals surface area contributed by atoms with Crippen molar-refractivity contribution < 1.29 is 9.26 Å². The number of hydrogen-bond donors (Lipinski definition) is 0. The van der Waals surface area contributed by atoms with Crippen LogP contribution in [0.1, 0.15) is 5.69 Å². The number of nitrogens with zero attached hydrogens (tertiary/aromatic N) is 5. The first-order valence-corrected chi connectivity index (χ1v) is 7.36. The normalized spacial score (nSPS) is 11.2. The molecule has 1 aromatic carbocycles. The molecule has 0 atom stereocenters. The molecule has 0 saturated carbocycles. The van der Waals surface area contributed by atoms with Gasteiger partial charge in [-0.3, -0.25) is 0 Å². The zero-order chi connectivity index (χ0) is 15.1. The molecule has 4 rings (SSSR count). The van der Waals surface area contributed by atoms with Gasteiger partial charge in [0.05, 0.1) is 12.8 Å². The summed E-state index contributed by atoms with van der Waals surface area (Å²) in [5, 5.41) is 17.5. The molecule has 4 aromatic rings. The zero-order valence-corrected chi connectivity index (χ0v) is 12.7. The average molecular weight is 313 g/mol. The molecule has 8 heteroatoms. The molecule has 3 heterocycles. The molecule has 0 saturated heterocycles. The van der Waals surface area contributed by atoms with Gasteiger partial charge >= 0.3 is 0 Å². The second-order valence-electron chi connectivity index (χ2n) is 4.69. The quantitative estimate of drug-likeness (QED) is 0.579. The Kier molecular flexibility index (Phi) is 2.90. The van der Waals surface area contributed by atoms with Crippen molar-refractivity contribution in [1.82, 2.24) is 25.0 Å². The van der Waals surface area contributed by atoms with Crippen molar-refractivity contribution in [3.8, 4) is 27.9 Å². The van der Waals surface area contributed by atoms with Gasteiger partial charge in [-0.15, -0.1) is 15.3 Å². The van der Waals surface area contributed by atoms with Crippen molar-refractivity contribution in [2.24, 2.45) is 0 Å². The second-order valence-corrected chi connectivity index (χ2v) is 5.64. The highest BCUT2D eigenvalue weighted by Gasteiger charge is 2.16. The summed E-state index contributed by atoms with van der Waals surface area (Å²) in [6, 6.07) is 9.45. The maximum Gasteiger partial charge on any atom is 0.235 e. The first kappa shape index (κ1) is 13.0. The fourth-order valence-electron chi connectivity index (χ4n) is 2.10. The summed E-state index contributed by atoms with van der Waals surface area (Å²) in [5.41, 5.74) is 1.73. The highest BCUT2D eigenvalue weighted by molar-refractivity contribution is 7.19. The number of hydrogen-bond acceptors (Lipinski definition) is 7. The SMILES string of the molecule is COc1ccc(-c2nnc3sc(-c4cc(C)no4)nn23)cc1. The monoisotopic (exact) mass is 313 g/mol. The number of rotatable bonds is 3. The first-order valence-electron chi connectivity index (χ1n) is 6.55. The van der Waals surface area contributed by atoms with Gasteiger partial charge in [0.1, 0.15) is 5.75 Å². The van der Waals surface area contributed by atoms with Gasteiger partial charge in [-0.05, 0) is 31.2 Å².